The highest BCUT2D eigenvalue weighted by atomic mass is 19.4. The SMILES string of the molecule is CC(NCC(F)(F)F)c1ccc2ccccc2c1. The lowest BCUT2D eigenvalue weighted by Gasteiger charge is -2.16. The van der Waals surface area contributed by atoms with Crippen molar-refractivity contribution in [3.8, 4) is 0 Å². The van der Waals surface area contributed by atoms with E-state index in [0.29, 0.717) is 0 Å². The monoisotopic (exact) mass is 253 g/mol. The van der Waals surface area contributed by atoms with Gasteiger partial charge in [0.25, 0.3) is 0 Å². The molecule has 0 aliphatic carbocycles. The Labute approximate surface area is 104 Å². The molecule has 1 atom stereocenters. The predicted molar refractivity (Wildman–Crippen MR) is 66.4 cm³/mol. The van der Waals surface area contributed by atoms with Gasteiger partial charge in [-0.2, -0.15) is 13.2 Å². The van der Waals surface area contributed by atoms with E-state index in [1.54, 1.807) is 6.92 Å². The molecule has 1 N–H and O–H groups in total. The normalized spacial score (nSPS) is 13.8. The molecule has 0 radical (unpaired) electrons. The van der Waals surface area contributed by atoms with E-state index in [4.69, 9.17) is 0 Å². The smallest absolute Gasteiger partial charge is 0.302 e. The maximum Gasteiger partial charge on any atom is 0.401 e. The summed E-state index contributed by atoms with van der Waals surface area (Å²) in [7, 11) is 0. The van der Waals surface area contributed by atoms with Gasteiger partial charge in [-0.3, -0.25) is 0 Å². The second-order valence-electron chi connectivity index (χ2n) is 4.32. The van der Waals surface area contributed by atoms with Crippen molar-refractivity contribution in [3.63, 3.8) is 0 Å². The molecule has 4 heteroatoms. The zero-order valence-corrected chi connectivity index (χ0v) is 9.96. The van der Waals surface area contributed by atoms with Crippen molar-refractivity contribution in [2.75, 3.05) is 6.54 Å². The highest BCUT2D eigenvalue weighted by molar-refractivity contribution is 5.83. The number of benzene rings is 2. The Kier molecular flexibility index (Phi) is 3.57. The number of hydrogen-bond acceptors (Lipinski definition) is 1. The minimum absolute atomic E-state index is 0.323. The molecule has 0 aliphatic rings. The molecule has 0 fully saturated rings. The fourth-order valence-corrected chi connectivity index (χ4v) is 1.86. The molecule has 0 bridgehead atoms. The molecule has 0 heterocycles. The Balaban J connectivity index is 2.15. The molecule has 0 saturated heterocycles. The van der Waals surface area contributed by atoms with E-state index in [1.807, 2.05) is 42.5 Å². The number of alkyl halides is 3. The zero-order chi connectivity index (χ0) is 13.2. The molecule has 18 heavy (non-hydrogen) atoms. The average molecular weight is 253 g/mol. The van der Waals surface area contributed by atoms with Crippen LogP contribution in [0.2, 0.25) is 0 Å². The van der Waals surface area contributed by atoms with Gasteiger partial charge in [0.05, 0.1) is 6.54 Å². The van der Waals surface area contributed by atoms with Crippen molar-refractivity contribution in [1.29, 1.82) is 0 Å². The number of nitrogens with one attached hydrogen (secondary N) is 1. The van der Waals surface area contributed by atoms with Crippen LogP contribution < -0.4 is 5.32 Å². The van der Waals surface area contributed by atoms with Crippen LogP contribution in [0, 0.1) is 0 Å². The fraction of sp³-hybridized carbons (Fsp3) is 0.286. The molecule has 96 valence electrons. The van der Waals surface area contributed by atoms with Crippen molar-refractivity contribution in [3.05, 3.63) is 48.0 Å². The minimum atomic E-state index is -4.18. The Bertz CT molecular complexity index is 534. The number of fused-ring (bicyclic) bond motifs is 1. The van der Waals surface area contributed by atoms with E-state index < -0.39 is 12.7 Å². The first-order valence-corrected chi connectivity index (χ1v) is 5.74. The quantitative estimate of drug-likeness (QED) is 0.870. The van der Waals surface area contributed by atoms with Crippen LogP contribution in [-0.2, 0) is 0 Å². The Morgan fingerprint density at radius 1 is 1.06 bits per heavy atom. The highest BCUT2D eigenvalue weighted by Gasteiger charge is 2.27. The molecule has 1 unspecified atom stereocenters. The summed E-state index contributed by atoms with van der Waals surface area (Å²) in [6.07, 6.45) is -4.18. The molecule has 0 amide bonds. The number of rotatable bonds is 3. The van der Waals surface area contributed by atoms with E-state index in [1.165, 1.54) is 0 Å². The number of hydrogen-bond donors (Lipinski definition) is 1. The van der Waals surface area contributed by atoms with Crippen molar-refractivity contribution in [1.82, 2.24) is 5.32 Å². The van der Waals surface area contributed by atoms with Gasteiger partial charge in [0.1, 0.15) is 0 Å². The second-order valence-corrected chi connectivity index (χ2v) is 4.32. The van der Waals surface area contributed by atoms with Gasteiger partial charge >= 0.3 is 6.18 Å². The lowest BCUT2D eigenvalue weighted by molar-refractivity contribution is -0.126. The molecule has 2 aromatic rings. The van der Waals surface area contributed by atoms with E-state index in [-0.39, 0.29) is 6.04 Å². The van der Waals surface area contributed by atoms with Crippen LogP contribution in [0.5, 0.6) is 0 Å². The van der Waals surface area contributed by atoms with Gasteiger partial charge in [-0.25, -0.2) is 0 Å². The lowest BCUT2D eigenvalue weighted by atomic mass is 10.0. The standard InChI is InChI=1S/C14H14F3N/c1-10(18-9-14(15,16)17)12-7-6-11-4-2-3-5-13(11)8-12/h2-8,10,18H,9H2,1H3. The highest BCUT2D eigenvalue weighted by Crippen LogP contribution is 2.21. The maximum absolute atomic E-state index is 12.1. The van der Waals surface area contributed by atoms with Gasteiger partial charge in [0, 0.05) is 6.04 Å². The molecule has 2 aromatic carbocycles. The summed E-state index contributed by atoms with van der Waals surface area (Å²) in [5, 5.41) is 4.60. The third kappa shape index (κ3) is 3.23. The van der Waals surface area contributed by atoms with Crippen LogP contribution in [-0.4, -0.2) is 12.7 Å². The Morgan fingerprint density at radius 3 is 2.39 bits per heavy atom. The van der Waals surface area contributed by atoms with Crippen molar-refractivity contribution >= 4 is 10.8 Å². The van der Waals surface area contributed by atoms with Crippen LogP contribution in [0.15, 0.2) is 42.5 Å². The van der Waals surface area contributed by atoms with E-state index in [9.17, 15) is 13.2 Å². The number of halogens is 3. The summed E-state index contributed by atoms with van der Waals surface area (Å²) in [5.74, 6) is 0. The van der Waals surface area contributed by atoms with E-state index in [2.05, 4.69) is 5.32 Å². The molecule has 0 aliphatic heterocycles. The second kappa shape index (κ2) is 4.98. The van der Waals surface area contributed by atoms with E-state index in [0.717, 1.165) is 16.3 Å². The summed E-state index contributed by atoms with van der Waals surface area (Å²) < 4.78 is 36.4. The molecule has 0 aromatic heterocycles. The van der Waals surface area contributed by atoms with Crippen LogP contribution >= 0.6 is 0 Å². The molecule has 0 spiro atoms. The molecule has 0 saturated carbocycles. The van der Waals surface area contributed by atoms with Crippen LogP contribution in [0.4, 0.5) is 13.2 Å². The largest absolute Gasteiger partial charge is 0.401 e. The third-order valence-electron chi connectivity index (χ3n) is 2.88. The topological polar surface area (TPSA) is 12.0 Å². The average Bonchev–Trinajstić information content (AvgIpc) is 2.34. The molecular weight excluding hydrogens is 239 g/mol. The summed E-state index contributed by atoms with van der Waals surface area (Å²) >= 11 is 0. The maximum atomic E-state index is 12.1. The third-order valence-corrected chi connectivity index (χ3v) is 2.88. The van der Waals surface area contributed by atoms with Gasteiger partial charge in [0.15, 0.2) is 0 Å². The van der Waals surface area contributed by atoms with Gasteiger partial charge in [0.2, 0.25) is 0 Å². The first kappa shape index (κ1) is 12.9. The van der Waals surface area contributed by atoms with E-state index >= 15 is 0 Å². The summed E-state index contributed by atoms with van der Waals surface area (Å²) in [5.41, 5.74) is 0.859. The van der Waals surface area contributed by atoms with Gasteiger partial charge < -0.3 is 5.32 Å². The molecule has 2 rings (SSSR count). The van der Waals surface area contributed by atoms with Gasteiger partial charge in [-0.1, -0.05) is 36.4 Å². The lowest BCUT2D eigenvalue weighted by Crippen LogP contribution is -2.30. The Hall–Kier alpha value is -1.55. The molecular formula is C14H14F3N. The van der Waals surface area contributed by atoms with Gasteiger partial charge in [-0.05, 0) is 29.3 Å². The predicted octanol–water partition coefficient (Wildman–Crippen LogP) is 4.05. The van der Waals surface area contributed by atoms with Crippen LogP contribution in [0.25, 0.3) is 10.8 Å². The van der Waals surface area contributed by atoms with Crippen molar-refractivity contribution in [2.45, 2.75) is 19.1 Å². The van der Waals surface area contributed by atoms with Crippen LogP contribution in [0.3, 0.4) is 0 Å². The summed E-state index contributed by atoms with van der Waals surface area (Å²) in [6, 6.07) is 13.2. The van der Waals surface area contributed by atoms with Crippen molar-refractivity contribution in [2.24, 2.45) is 0 Å². The minimum Gasteiger partial charge on any atom is -0.302 e. The first-order valence-electron chi connectivity index (χ1n) is 5.74. The zero-order valence-electron chi connectivity index (χ0n) is 9.96. The Morgan fingerprint density at radius 2 is 1.72 bits per heavy atom. The van der Waals surface area contributed by atoms with Crippen molar-refractivity contribution < 1.29 is 13.2 Å². The summed E-state index contributed by atoms with van der Waals surface area (Å²) in [6.45, 7) is 0.761. The fourth-order valence-electron chi connectivity index (χ4n) is 1.86. The van der Waals surface area contributed by atoms with Crippen LogP contribution in [0.1, 0.15) is 18.5 Å². The van der Waals surface area contributed by atoms with Gasteiger partial charge in [-0.15, -0.1) is 0 Å². The summed E-state index contributed by atoms with van der Waals surface area (Å²) in [4.78, 5) is 0. The molecule has 1 nitrogen and oxygen atoms in total. The first-order chi connectivity index (χ1) is 8.46.